The molecule has 0 fully saturated rings. The van der Waals surface area contributed by atoms with E-state index in [-0.39, 0.29) is 0 Å². The maximum absolute atomic E-state index is 6.19. The minimum Gasteiger partial charge on any atom is -0.383 e. The van der Waals surface area contributed by atoms with Gasteiger partial charge < -0.3 is 11.1 Å². The van der Waals surface area contributed by atoms with E-state index >= 15 is 0 Å². The molecule has 0 radical (unpaired) electrons. The first-order valence-corrected chi connectivity index (χ1v) is 8.56. The third kappa shape index (κ3) is 3.19. The summed E-state index contributed by atoms with van der Waals surface area (Å²) in [6.45, 7) is 2.12. The number of hydrogen-bond acceptors (Lipinski definition) is 5. The van der Waals surface area contributed by atoms with Crippen molar-refractivity contribution in [2.45, 2.75) is 13.3 Å². The van der Waals surface area contributed by atoms with Crippen molar-refractivity contribution in [3.05, 3.63) is 72.6 Å². The lowest BCUT2D eigenvalue weighted by molar-refractivity contribution is 1.13. The number of nitrogens with two attached hydrogens (primary N) is 1. The molecule has 0 aliphatic heterocycles. The van der Waals surface area contributed by atoms with Crippen LogP contribution in [0.1, 0.15) is 12.5 Å². The lowest BCUT2D eigenvalue weighted by atomic mass is 10.1. The van der Waals surface area contributed by atoms with Crippen molar-refractivity contribution in [1.82, 2.24) is 15.0 Å². The average Bonchev–Trinajstić information content (AvgIpc) is 2.68. The molecule has 3 N–H and O–H groups in total. The lowest BCUT2D eigenvalue weighted by Crippen LogP contribution is -2.02. The van der Waals surface area contributed by atoms with Crippen LogP contribution < -0.4 is 11.1 Å². The molecule has 128 valence electrons. The number of pyridine rings is 1. The van der Waals surface area contributed by atoms with E-state index in [9.17, 15) is 0 Å². The maximum Gasteiger partial charge on any atom is 0.229 e. The molecule has 5 heteroatoms. The average molecular weight is 341 g/mol. The second kappa shape index (κ2) is 6.80. The van der Waals surface area contributed by atoms with Gasteiger partial charge >= 0.3 is 0 Å². The molecule has 0 amide bonds. The number of hydrogen-bond donors (Lipinski definition) is 2. The van der Waals surface area contributed by atoms with Crippen LogP contribution in [0.3, 0.4) is 0 Å². The molecular formula is C21H19N5. The Balaban J connectivity index is 1.64. The first kappa shape index (κ1) is 16.0. The number of aryl methyl sites for hydroxylation is 1. The quantitative estimate of drug-likeness (QED) is 0.568. The summed E-state index contributed by atoms with van der Waals surface area (Å²) < 4.78 is 0. The van der Waals surface area contributed by atoms with Gasteiger partial charge in [-0.1, -0.05) is 37.3 Å². The van der Waals surface area contributed by atoms with Gasteiger partial charge in [0.1, 0.15) is 5.82 Å². The van der Waals surface area contributed by atoms with Crippen molar-refractivity contribution in [2.75, 3.05) is 11.1 Å². The summed E-state index contributed by atoms with van der Waals surface area (Å²) in [6.07, 6.45) is 4.52. The second-order valence-electron chi connectivity index (χ2n) is 6.09. The Morgan fingerprint density at radius 1 is 0.962 bits per heavy atom. The van der Waals surface area contributed by atoms with Gasteiger partial charge in [-0.25, -0.2) is 4.98 Å². The molecule has 0 aliphatic rings. The van der Waals surface area contributed by atoms with Crippen LogP contribution in [0, 0.1) is 0 Å². The Hall–Kier alpha value is -3.47. The highest BCUT2D eigenvalue weighted by Crippen LogP contribution is 2.27. The van der Waals surface area contributed by atoms with Crippen LogP contribution >= 0.6 is 0 Å². The Labute approximate surface area is 152 Å². The fourth-order valence-electron chi connectivity index (χ4n) is 2.89. The number of benzene rings is 2. The highest BCUT2D eigenvalue weighted by Gasteiger charge is 2.08. The topological polar surface area (TPSA) is 76.7 Å². The van der Waals surface area contributed by atoms with Gasteiger partial charge in [-0.05, 0) is 36.2 Å². The van der Waals surface area contributed by atoms with Crippen LogP contribution in [-0.4, -0.2) is 15.0 Å². The molecule has 0 saturated heterocycles. The minimum absolute atomic E-state index is 0.422. The highest BCUT2D eigenvalue weighted by atomic mass is 15.1. The lowest BCUT2D eigenvalue weighted by Gasteiger charge is -2.10. The van der Waals surface area contributed by atoms with E-state index in [1.807, 2.05) is 36.4 Å². The minimum atomic E-state index is 0.422. The summed E-state index contributed by atoms with van der Waals surface area (Å²) in [5, 5.41) is 4.27. The third-order valence-corrected chi connectivity index (χ3v) is 4.31. The molecule has 0 unspecified atom stereocenters. The molecule has 0 atom stereocenters. The number of rotatable bonds is 4. The van der Waals surface area contributed by atoms with Crippen molar-refractivity contribution in [3.8, 4) is 11.1 Å². The van der Waals surface area contributed by atoms with Crippen molar-refractivity contribution in [1.29, 1.82) is 0 Å². The van der Waals surface area contributed by atoms with Gasteiger partial charge in [-0.3, -0.25) is 4.98 Å². The summed E-state index contributed by atoms with van der Waals surface area (Å²) in [6, 6.07) is 18.2. The van der Waals surface area contributed by atoms with Gasteiger partial charge in [0.2, 0.25) is 5.95 Å². The molecule has 0 aliphatic carbocycles. The van der Waals surface area contributed by atoms with E-state index in [0.717, 1.165) is 34.1 Å². The number of nitrogens with one attached hydrogen (secondary N) is 1. The Kier molecular flexibility index (Phi) is 4.19. The molecule has 5 nitrogen and oxygen atoms in total. The molecular weight excluding hydrogens is 322 g/mol. The number of anilines is 3. The SMILES string of the molecule is CCc1cccc(Nc2ncc(-c3cnc4ccccc4c3)c(N)n2)c1. The summed E-state index contributed by atoms with van der Waals surface area (Å²) in [7, 11) is 0. The Morgan fingerprint density at radius 3 is 2.69 bits per heavy atom. The van der Waals surface area contributed by atoms with E-state index < -0.39 is 0 Å². The van der Waals surface area contributed by atoms with Gasteiger partial charge in [-0.2, -0.15) is 4.98 Å². The molecule has 26 heavy (non-hydrogen) atoms. The summed E-state index contributed by atoms with van der Waals surface area (Å²) in [5.74, 6) is 0.902. The zero-order valence-electron chi connectivity index (χ0n) is 14.5. The largest absolute Gasteiger partial charge is 0.383 e. The zero-order valence-corrected chi connectivity index (χ0v) is 14.5. The van der Waals surface area contributed by atoms with Crippen LogP contribution in [0.4, 0.5) is 17.5 Å². The van der Waals surface area contributed by atoms with E-state index in [4.69, 9.17) is 5.73 Å². The predicted octanol–water partition coefficient (Wildman–Crippen LogP) is 4.58. The van der Waals surface area contributed by atoms with E-state index in [1.165, 1.54) is 5.56 Å². The van der Waals surface area contributed by atoms with Crippen LogP contribution in [0.25, 0.3) is 22.0 Å². The molecule has 0 bridgehead atoms. The summed E-state index contributed by atoms with van der Waals surface area (Å²) in [4.78, 5) is 13.3. The predicted molar refractivity (Wildman–Crippen MR) is 106 cm³/mol. The molecule has 2 aromatic heterocycles. The molecule has 0 spiro atoms. The van der Waals surface area contributed by atoms with Crippen molar-refractivity contribution in [2.24, 2.45) is 0 Å². The van der Waals surface area contributed by atoms with E-state index in [0.29, 0.717) is 11.8 Å². The highest BCUT2D eigenvalue weighted by molar-refractivity contribution is 5.85. The van der Waals surface area contributed by atoms with Crippen LogP contribution in [0.5, 0.6) is 0 Å². The van der Waals surface area contributed by atoms with Gasteiger partial charge in [0.05, 0.1) is 5.52 Å². The Bertz CT molecular complexity index is 1070. The number of nitrogen functional groups attached to an aromatic ring is 1. The molecule has 2 aromatic carbocycles. The van der Waals surface area contributed by atoms with Crippen molar-refractivity contribution < 1.29 is 0 Å². The summed E-state index contributed by atoms with van der Waals surface area (Å²) in [5.41, 5.74) is 11.0. The van der Waals surface area contributed by atoms with Crippen molar-refractivity contribution >= 4 is 28.4 Å². The van der Waals surface area contributed by atoms with Crippen LogP contribution in [-0.2, 0) is 6.42 Å². The first-order valence-electron chi connectivity index (χ1n) is 8.56. The fraction of sp³-hybridized carbons (Fsp3) is 0.0952. The number of nitrogens with zero attached hydrogens (tertiary/aromatic N) is 3. The third-order valence-electron chi connectivity index (χ3n) is 4.31. The van der Waals surface area contributed by atoms with Crippen molar-refractivity contribution in [3.63, 3.8) is 0 Å². The van der Waals surface area contributed by atoms with Gasteiger partial charge in [0.25, 0.3) is 0 Å². The smallest absolute Gasteiger partial charge is 0.229 e. The van der Waals surface area contributed by atoms with E-state index in [1.54, 1.807) is 12.4 Å². The second-order valence-corrected chi connectivity index (χ2v) is 6.09. The van der Waals surface area contributed by atoms with Gasteiger partial charge in [-0.15, -0.1) is 0 Å². The molecule has 0 saturated carbocycles. The number of para-hydroxylation sites is 1. The number of aromatic nitrogens is 3. The normalized spacial score (nSPS) is 10.8. The van der Waals surface area contributed by atoms with Gasteiger partial charge in [0.15, 0.2) is 0 Å². The summed E-state index contributed by atoms with van der Waals surface area (Å²) >= 11 is 0. The van der Waals surface area contributed by atoms with Crippen LogP contribution in [0.2, 0.25) is 0 Å². The standard InChI is InChI=1S/C21H19N5/c1-2-14-6-5-8-17(10-14)25-21-24-13-18(20(22)26-21)16-11-15-7-3-4-9-19(15)23-12-16/h3-13H,2H2,1H3,(H3,22,24,25,26). The van der Waals surface area contributed by atoms with Crippen LogP contribution in [0.15, 0.2) is 67.0 Å². The number of fused-ring (bicyclic) bond motifs is 1. The molecule has 4 aromatic rings. The first-order chi connectivity index (χ1) is 12.7. The van der Waals surface area contributed by atoms with Gasteiger partial charge in [0, 0.05) is 34.6 Å². The monoisotopic (exact) mass is 341 g/mol. The fourth-order valence-corrected chi connectivity index (χ4v) is 2.89. The van der Waals surface area contributed by atoms with E-state index in [2.05, 4.69) is 45.4 Å². The molecule has 4 rings (SSSR count). The maximum atomic E-state index is 6.19. The Morgan fingerprint density at radius 2 is 1.85 bits per heavy atom. The zero-order chi connectivity index (χ0) is 17.9. The molecule has 2 heterocycles.